The fourth-order valence-corrected chi connectivity index (χ4v) is 1.85. The lowest BCUT2D eigenvalue weighted by atomic mass is 10.1. The van der Waals surface area contributed by atoms with Crippen molar-refractivity contribution in [1.29, 1.82) is 0 Å². The van der Waals surface area contributed by atoms with Crippen molar-refractivity contribution in [3.8, 4) is 0 Å². The third-order valence-corrected chi connectivity index (χ3v) is 2.87. The summed E-state index contributed by atoms with van der Waals surface area (Å²) in [6.07, 6.45) is 2.98. The molecule has 0 spiro atoms. The van der Waals surface area contributed by atoms with Crippen LogP contribution in [0.5, 0.6) is 0 Å². The van der Waals surface area contributed by atoms with Crippen LogP contribution in [-0.2, 0) is 9.59 Å². The average Bonchev–Trinajstić information content (AvgIpc) is 2.31. The Morgan fingerprint density at radius 1 is 1.35 bits per heavy atom. The quantitative estimate of drug-likeness (QED) is 0.869. The number of halogens is 1. The molecule has 0 aliphatic heterocycles. The predicted molar refractivity (Wildman–Crippen MR) is 79.6 cm³/mol. The Balaban J connectivity index is 2.88. The van der Waals surface area contributed by atoms with E-state index in [2.05, 4.69) is 0 Å². The fraction of sp³-hybridized carbons (Fsp3) is 0.333. The molecule has 0 aromatic heterocycles. The number of carbonyl (C=O) groups excluding carboxylic acids is 1. The molecule has 1 rings (SSSR count). The number of rotatable bonds is 4. The minimum absolute atomic E-state index is 0.331. The molecule has 0 saturated heterocycles. The Hall–Kier alpha value is -1.81. The average molecular weight is 296 g/mol. The minimum atomic E-state index is -1.04. The highest BCUT2D eigenvalue weighted by Crippen LogP contribution is 2.15. The molecule has 0 aliphatic rings. The van der Waals surface area contributed by atoms with E-state index >= 15 is 0 Å². The van der Waals surface area contributed by atoms with Crippen molar-refractivity contribution in [3.63, 3.8) is 0 Å². The summed E-state index contributed by atoms with van der Waals surface area (Å²) in [5.41, 5.74) is 0.226. The molecule has 0 heterocycles. The summed E-state index contributed by atoms with van der Waals surface area (Å²) < 4.78 is 0. The number of benzene rings is 1. The van der Waals surface area contributed by atoms with Gasteiger partial charge in [0.15, 0.2) is 0 Å². The van der Waals surface area contributed by atoms with Gasteiger partial charge in [0.2, 0.25) is 5.91 Å². The number of carbonyl (C=O) groups is 2. The summed E-state index contributed by atoms with van der Waals surface area (Å²) in [5, 5.41) is 9.46. The molecule has 0 aliphatic carbocycles. The lowest BCUT2D eigenvalue weighted by Crippen LogP contribution is -2.47. The predicted octanol–water partition coefficient (Wildman–Crippen LogP) is 3.06. The first-order valence-electron chi connectivity index (χ1n) is 6.17. The van der Waals surface area contributed by atoms with Crippen LogP contribution in [0.3, 0.4) is 0 Å². The normalized spacial score (nSPS) is 11.6. The van der Waals surface area contributed by atoms with E-state index in [1.807, 2.05) is 6.07 Å². The van der Waals surface area contributed by atoms with Crippen LogP contribution in [0.1, 0.15) is 26.3 Å². The summed E-state index contributed by atoms with van der Waals surface area (Å²) in [5.74, 6) is -1.38. The zero-order chi connectivity index (χ0) is 15.3. The monoisotopic (exact) mass is 295 g/mol. The Kier molecular flexibility index (Phi) is 5.34. The first-order valence-corrected chi connectivity index (χ1v) is 6.55. The summed E-state index contributed by atoms with van der Waals surface area (Å²) in [7, 11) is 0. The standard InChI is InChI=1S/C15H18ClNO3/c1-15(2,3)17(10-14(19)20)13(18)8-7-11-5-4-6-12(16)9-11/h4-9H,10H2,1-3H3,(H,19,20). The van der Waals surface area contributed by atoms with E-state index in [-0.39, 0.29) is 12.5 Å². The van der Waals surface area contributed by atoms with E-state index in [1.54, 1.807) is 45.0 Å². The molecule has 4 nitrogen and oxygen atoms in total. The second-order valence-corrected chi connectivity index (χ2v) is 5.81. The minimum Gasteiger partial charge on any atom is -0.480 e. The van der Waals surface area contributed by atoms with E-state index in [9.17, 15) is 9.59 Å². The number of hydrogen-bond donors (Lipinski definition) is 1. The van der Waals surface area contributed by atoms with Gasteiger partial charge in [-0.15, -0.1) is 0 Å². The van der Waals surface area contributed by atoms with Gasteiger partial charge in [-0.3, -0.25) is 9.59 Å². The molecule has 1 N–H and O–H groups in total. The molecule has 1 aromatic rings. The molecule has 0 bridgehead atoms. The second kappa shape index (κ2) is 6.57. The van der Waals surface area contributed by atoms with E-state index < -0.39 is 11.5 Å². The van der Waals surface area contributed by atoms with Gasteiger partial charge in [0.05, 0.1) is 0 Å². The van der Waals surface area contributed by atoms with Crippen molar-refractivity contribution < 1.29 is 14.7 Å². The van der Waals surface area contributed by atoms with Crippen LogP contribution in [0.15, 0.2) is 30.3 Å². The Labute approximate surface area is 123 Å². The molecule has 0 atom stereocenters. The summed E-state index contributed by atoms with van der Waals surface area (Å²) in [4.78, 5) is 24.3. The van der Waals surface area contributed by atoms with Gasteiger partial charge in [0.25, 0.3) is 0 Å². The zero-order valence-electron chi connectivity index (χ0n) is 11.8. The number of nitrogens with zero attached hydrogens (tertiary/aromatic N) is 1. The van der Waals surface area contributed by atoms with Crippen LogP contribution in [0.4, 0.5) is 0 Å². The van der Waals surface area contributed by atoms with Gasteiger partial charge in [-0.2, -0.15) is 0 Å². The van der Waals surface area contributed by atoms with Gasteiger partial charge in [-0.1, -0.05) is 23.7 Å². The maximum atomic E-state index is 12.1. The maximum absolute atomic E-state index is 12.1. The van der Waals surface area contributed by atoms with Crippen LogP contribution < -0.4 is 0 Å². The third kappa shape index (κ3) is 5.05. The largest absolute Gasteiger partial charge is 0.480 e. The summed E-state index contributed by atoms with van der Waals surface area (Å²) >= 11 is 5.86. The summed E-state index contributed by atoms with van der Waals surface area (Å²) in [6, 6.07) is 7.07. The zero-order valence-corrected chi connectivity index (χ0v) is 12.5. The van der Waals surface area contributed by atoms with Crippen molar-refractivity contribution >= 4 is 29.6 Å². The number of amides is 1. The van der Waals surface area contributed by atoms with E-state index in [0.29, 0.717) is 5.02 Å². The molecule has 20 heavy (non-hydrogen) atoms. The van der Waals surface area contributed by atoms with Gasteiger partial charge in [-0.05, 0) is 44.5 Å². The number of aliphatic carboxylic acids is 1. The van der Waals surface area contributed by atoms with Crippen LogP contribution >= 0.6 is 11.6 Å². The van der Waals surface area contributed by atoms with Crippen LogP contribution in [0, 0.1) is 0 Å². The highest BCUT2D eigenvalue weighted by Gasteiger charge is 2.26. The molecule has 0 radical (unpaired) electrons. The van der Waals surface area contributed by atoms with E-state index in [1.165, 1.54) is 11.0 Å². The first kappa shape index (κ1) is 16.2. The Bertz CT molecular complexity index is 532. The van der Waals surface area contributed by atoms with Crippen molar-refractivity contribution in [3.05, 3.63) is 40.9 Å². The van der Waals surface area contributed by atoms with E-state index in [4.69, 9.17) is 16.7 Å². The van der Waals surface area contributed by atoms with Crippen molar-refractivity contribution in [2.24, 2.45) is 0 Å². The number of hydrogen-bond acceptors (Lipinski definition) is 2. The molecule has 108 valence electrons. The van der Waals surface area contributed by atoms with Crippen LogP contribution in [0.25, 0.3) is 6.08 Å². The topological polar surface area (TPSA) is 57.6 Å². The van der Waals surface area contributed by atoms with Crippen molar-refractivity contribution in [2.75, 3.05) is 6.54 Å². The van der Waals surface area contributed by atoms with Crippen LogP contribution in [-0.4, -0.2) is 34.0 Å². The Morgan fingerprint density at radius 2 is 2.00 bits per heavy atom. The number of carboxylic acid groups (broad SMARTS) is 1. The highest BCUT2D eigenvalue weighted by molar-refractivity contribution is 6.30. The third-order valence-electron chi connectivity index (χ3n) is 2.64. The SMILES string of the molecule is CC(C)(C)N(CC(=O)O)C(=O)C=Cc1cccc(Cl)c1. The smallest absolute Gasteiger partial charge is 0.323 e. The van der Waals surface area contributed by atoms with Crippen molar-refractivity contribution in [1.82, 2.24) is 4.90 Å². The van der Waals surface area contributed by atoms with Crippen LogP contribution in [0.2, 0.25) is 5.02 Å². The molecule has 1 aromatic carbocycles. The lowest BCUT2D eigenvalue weighted by Gasteiger charge is -2.33. The molecule has 5 heteroatoms. The highest BCUT2D eigenvalue weighted by atomic mass is 35.5. The summed E-state index contributed by atoms with van der Waals surface area (Å²) in [6.45, 7) is 5.05. The Morgan fingerprint density at radius 3 is 2.50 bits per heavy atom. The second-order valence-electron chi connectivity index (χ2n) is 5.38. The van der Waals surface area contributed by atoms with Gasteiger partial charge >= 0.3 is 5.97 Å². The molecule has 0 unspecified atom stereocenters. The molecule has 1 amide bonds. The number of carboxylic acids is 1. The molecular weight excluding hydrogens is 278 g/mol. The van der Waals surface area contributed by atoms with Gasteiger partial charge in [0, 0.05) is 16.6 Å². The van der Waals surface area contributed by atoms with Gasteiger partial charge in [-0.25, -0.2) is 0 Å². The fourth-order valence-electron chi connectivity index (χ4n) is 1.65. The van der Waals surface area contributed by atoms with E-state index in [0.717, 1.165) is 5.56 Å². The first-order chi connectivity index (χ1) is 9.20. The van der Waals surface area contributed by atoms with Crippen molar-refractivity contribution in [2.45, 2.75) is 26.3 Å². The molecule has 0 fully saturated rings. The van der Waals surface area contributed by atoms with Gasteiger partial charge in [0.1, 0.15) is 6.54 Å². The molecular formula is C15H18ClNO3. The molecule has 0 saturated carbocycles. The lowest BCUT2D eigenvalue weighted by molar-refractivity contribution is -0.145. The van der Waals surface area contributed by atoms with Gasteiger partial charge < -0.3 is 10.0 Å². The maximum Gasteiger partial charge on any atom is 0.323 e.